The molecule has 0 bridgehead atoms. The fourth-order valence-corrected chi connectivity index (χ4v) is 1.68. The van der Waals surface area contributed by atoms with Crippen LogP contribution in [0.5, 0.6) is 5.75 Å². The van der Waals surface area contributed by atoms with Crippen molar-refractivity contribution in [3.8, 4) is 5.75 Å². The first-order valence-electron chi connectivity index (χ1n) is 6.18. The van der Waals surface area contributed by atoms with Gasteiger partial charge in [0, 0.05) is 17.8 Å². The number of benzene rings is 1. The lowest BCUT2D eigenvalue weighted by Gasteiger charge is -2.04. The molecule has 0 aliphatic heterocycles. The number of hydrogen-bond donors (Lipinski definition) is 2. The lowest BCUT2D eigenvalue weighted by molar-refractivity contribution is -0.695. The summed E-state index contributed by atoms with van der Waals surface area (Å²) in [6.07, 6.45) is 4.33. The lowest BCUT2D eigenvalue weighted by Crippen LogP contribution is -3.00. The smallest absolute Gasteiger partial charge is 0.230 e. The van der Waals surface area contributed by atoms with Crippen molar-refractivity contribution < 1.29 is 31.4 Å². The second kappa shape index (κ2) is 7.65. The van der Waals surface area contributed by atoms with Gasteiger partial charge in [0.05, 0.1) is 6.42 Å². The topological polar surface area (TPSA) is 53.2 Å². The monoisotopic (exact) mass is 336 g/mol. The zero-order valence-corrected chi connectivity index (χ0v) is 12.8. The van der Waals surface area contributed by atoms with E-state index < -0.39 is 0 Å². The summed E-state index contributed by atoms with van der Waals surface area (Å²) in [4.78, 5) is 11.8. The second-order valence-electron chi connectivity index (χ2n) is 4.46. The maximum atomic E-state index is 11.8. The van der Waals surface area contributed by atoms with Gasteiger partial charge in [-0.25, -0.2) is 4.57 Å². The van der Waals surface area contributed by atoms with Gasteiger partial charge >= 0.3 is 0 Å². The van der Waals surface area contributed by atoms with Gasteiger partial charge in [-0.05, 0) is 36.8 Å². The summed E-state index contributed by atoms with van der Waals surface area (Å²) in [6.45, 7) is 2.67. The molecule has 1 heterocycles. The van der Waals surface area contributed by atoms with Crippen molar-refractivity contribution in [1.82, 2.24) is 0 Å². The molecule has 0 spiro atoms. The molecule has 0 atom stereocenters. The minimum Gasteiger partial charge on any atom is -1.00 e. The number of anilines is 1. The molecule has 2 N–H and O–H groups in total. The summed E-state index contributed by atoms with van der Waals surface area (Å²) in [5.74, 6) is 0.145. The Balaban J connectivity index is 0.00000200. The molecule has 1 amide bonds. The molecule has 106 valence electrons. The Morgan fingerprint density at radius 2 is 1.75 bits per heavy atom. The van der Waals surface area contributed by atoms with Gasteiger partial charge in [-0.15, -0.1) is 0 Å². The van der Waals surface area contributed by atoms with Crippen LogP contribution in [0.15, 0.2) is 48.8 Å². The predicted molar refractivity (Wildman–Crippen MR) is 72.7 cm³/mol. The third-order valence-corrected chi connectivity index (χ3v) is 2.81. The lowest BCUT2D eigenvalue weighted by atomic mass is 10.3. The van der Waals surface area contributed by atoms with E-state index in [4.69, 9.17) is 5.11 Å². The summed E-state index contributed by atoms with van der Waals surface area (Å²) in [7, 11) is 0. The third kappa shape index (κ3) is 5.01. The van der Waals surface area contributed by atoms with Gasteiger partial charge in [-0.2, -0.15) is 0 Å². The Hall–Kier alpha value is -1.88. The van der Waals surface area contributed by atoms with E-state index in [2.05, 4.69) is 5.32 Å². The Kier molecular flexibility index (Phi) is 6.18. The van der Waals surface area contributed by atoms with Crippen LogP contribution in [0, 0.1) is 6.92 Å². The molecule has 0 saturated heterocycles. The van der Waals surface area contributed by atoms with Crippen LogP contribution < -0.4 is 26.9 Å². The Morgan fingerprint density at radius 1 is 1.15 bits per heavy atom. The van der Waals surface area contributed by atoms with Gasteiger partial charge < -0.3 is 27.4 Å². The number of phenols is 1. The quantitative estimate of drug-likeness (QED) is 0.557. The van der Waals surface area contributed by atoms with Crippen LogP contribution in [0.1, 0.15) is 12.0 Å². The Bertz CT molecular complexity index is 553. The van der Waals surface area contributed by atoms with Crippen molar-refractivity contribution >= 4 is 11.6 Å². The number of carbonyl (C=O) groups is 1. The highest BCUT2D eigenvalue weighted by atomic mass is 79.9. The zero-order valence-electron chi connectivity index (χ0n) is 11.2. The standard InChI is InChI=1S/C15H16N2O2.BrH/c1-12-6-9-17(10-7-12)11-8-15(19)16-13-2-4-14(18)5-3-13;/h2-7,9-10H,8,11H2,1H3,(H-,16,18,19);1H. The van der Waals surface area contributed by atoms with Crippen molar-refractivity contribution in [2.45, 2.75) is 19.9 Å². The molecule has 0 fully saturated rings. The van der Waals surface area contributed by atoms with E-state index in [1.807, 2.05) is 36.0 Å². The van der Waals surface area contributed by atoms with Crippen LogP contribution >= 0.6 is 0 Å². The van der Waals surface area contributed by atoms with Gasteiger partial charge in [0.1, 0.15) is 5.75 Å². The highest BCUT2D eigenvalue weighted by molar-refractivity contribution is 5.90. The average molecular weight is 337 g/mol. The molecule has 1 aromatic carbocycles. The normalized spacial score (nSPS) is 9.65. The average Bonchev–Trinajstić information content (AvgIpc) is 2.41. The van der Waals surface area contributed by atoms with Crippen molar-refractivity contribution in [1.29, 1.82) is 0 Å². The number of halogens is 1. The largest absolute Gasteiger partial charge is 1.00 e. The molecule has 1 aromatic heterocycles. The minimum absolute atomic E-state index is 0. The number of pyridine rings is 1. The summed E-state index contributed by atoms with van der Waals surface area (Å²) in [6, 6.07) is 10.5. The van der Waals surface area contributed by atoms with E-state index in [1.165, 1.54) is 5.56 Å². The van der Waals surface area contributed by atoms with E-state index in [1.54, 1.807) is 24.3 Å². The molecule has 0 unspecified atom stereocenters. The first kappa shape index (κ1) is 16.2. The minimum atomic E-state index is -0.0428. The van der Waals surface area contributed by atoms with Crippen molar-refractivity contribution in [3.05, 3.63) is 54.4 Å². The SMILES string of the molecule is Cc1cc[n+](CCC(=O)Nc2ccc(O)cc2)cc1.[Br-]. The number of aromatic nitrogens is 1. The first-order valence-corrected chi connectivity index (χ1v) is 6.18. The highest BCUT2D eigenvalue weighted by Gasteiger charge is 2.06. The van der Waals surface area contributed by atoms with E-state index in [0.717, 1.165) is 0 Å². The molecule has 0 saturated carbocycles. The van der Waals surface area contributed by atoms with Gasteiger partial charge in [-0.1, -0.05) is 0 Å². The van der Waals surface area contributed by atoms with Crippen LogP contribution in [0.3, 0.4) is 0 Å². The number of phenolic OH excluding ortho intramolecular Hbond substituents is 1. The maximum absolute atomic E-state index is 11.8. The number of rotatable bonds is 4. The fraction of sp³-hybridized carbons (Fsp3) is 0.200. The van der Waals surface area contributed by atoms with Crippen molar-refractivity contribution in [2.24, 2.45) is 0 Å². The molecular formula is C15H17BrN2O2. The molecule has 2 aromatic rings. The second-order valence-corrected chi connectivity index (χ2v) is 4.46. The Labute approximate surface area is 128 Å². The summed E-state index contributed by atoms with van der Waals surface area (Å²) >= 11 is 0. The number of amides is 1. The highest BCUT2D eigenvalue weighted by Crippen LogP contribution is 2.13. The molecule has 2 rings (SSSR count). The molecule has 0 aliphatic rings. The van der Waals surface area contributed by atoms with Crippen molar-refractivity contribution in [2.75, 3.05) is 5.32 Å². The van der Waals surface area contributed by atoms with E-state index >= 15 is 0 Å². The van der Waals surface area contributed by atoms with Gasteiger partial charge in [0.2, 0.25) is 5.91 Å². The number of aromatic hydroxyl groups is 1. The Morgan fingerprint density at radius 3 is 2.35 bits per heavy atom. The third-order valence-electron chi connectivity index (χ3n) is 2.81. The number of nitrogens with zero attached hydrogens (tertiary/aromatic N) is 1. The van der Waals surface area contributed by atoms with Crippen LogP contribution in [0.4, 0.5) is 5.69 Å². The van der Waals surface area contributed by atoms with E-state index in [9.17, 15) is 4.79 Å². The summed E-state index contributed by atoms with van der Waals surface area (Å²) in [5.41, 5.74) is 1.89. The first-order chi connectivity index (χ1) is 9.13. The van der Waals surface area contributed by atoms with Gasteiger partial charge in [-0.3, -0.25) is 4.79 Å². The van der Waals surface area contributed by atoms with E-state index in [0.29, 0.717) is 18.7 Å². The molecule has 4 nitrogen and oxygen atoms in total. The van der Waals surface area contributed by atoms with Gasteiger partial charge in [0.15, 0.2) is 18.9 Å². The number of aryl methyl sites for hydroxylation is 2. The number of hydrogen-bond acceptors (Lipinski definition) is 2. The zero-order chi connectivity index (χ0) is 13.7. The number of carbonyl (C=O) groups excluding carboxylic acids is 1. The van der Waals surface area contributed by atoms with Crippen LogP contribution in [-0.2, 0) is 11.3 Å². The van der Waals surface area contributed by atoms with Gasteiger partial charge in [0.25, 0.3) is 0 Å². The molecule has 0 radical (unpaired) electrons. The maximum Gasteiger partial charge on any atom is 0.230 e. The molecule has 20 heavy (non-hydrogen) atoms. The molecule has 5 heteroatoms. The number of nitrogens with one attached hydrogen (secondary N) is 1. The predicted octanol–water partition coefficient (Wildman–Crippen LogP) is -0.979. The van der Waals surface area contributed by atoms with Crippen LogP contribution in [0.25, 0.3) is 0 Å². The fourth-order valence-electron chi connectivity index (χ4n) is 1.68. The molecule has 0 aliphatic carbocycles. The van der Waals surface area contributed by atoms with Crippen LogP contribution in [0.2, 0.25) is 0 Å². The summed E-state index contributed by atoms with van der Waals surface area (Å²) < 4.78 is 1.98. The van der Waals surface area contributed by atoms with Crippen LogP contribution in [-0.4, -0.2) is 11.0 Å². The van der Waals surface area contributed by atoms with Crippen molar-refractivity contribution in [3.63, 3.8) is 0 Å². The molecular weight excluding hydrogens is 320 g/mol. The van der Waals surface area contributed by atoms with E-state index in [-0.39, 0.29) is 28.6 Å². The summed E-state index contributed by atoms with van der Waals surface area (Å²) in [5, 5.41) is 11.9.